The molecular weight excluding hydrogens is 356 g/mol. The number of amides is 1. The molecule has 0 bridgehead atoms. The number of carbonyl (C=O) groups excluding carboxylic acids is 2. The molecule has 0 aliphatic carbocycles. The number of hydrogen-bond donors (Lipinski definition) is 1. The minimum Gasteiger partial charge on any atom is -0.469 e. The number of methoxy groups -OCH3 is 1. The number of nitrogen functional groups attached to an aromatic ring is 1. The normalized spacial score (nSPS) is 15.0. The molecule has 1 saturated heterocycles. The Kier molecular flexibility index (Phi) is 5.36. The average molecular weight is 376 g/mol. The number of carbonyl (C=O) groups is 2. The maximum absolute atomic E-state index is 12.5. The van der Waals surface area contributed by atoms with E-state index in [0.717, 1.165) is 9.56 Å². The Labute approximate surface area is 154 Å². The molecule has 3 heterocycles. The van der Waals surface area contributed by atoms with Gasteiger partial charge in [0.2, 0.25) is 5.91 Å². The summed E-state index contributed by atoms with van der Waals surface area (Å²) in [6, 6.07) is 5.28. The largest absolute Gasteiger partial charge is 0.469 e. The van der Waals surface area contributed by atoms with Crippen LogP contribution >= 0.6 is 11.3 Å². The number of esters is 1. The second-order valence-corrected chi connectivity index (χ2v) is 7.05. The van der Waals surface area contributed by atoms with E-state index in [-0.39, 0.29) is 30.0 Å². The van der Waals surface area contributed by atoms with Crippen LogP contribution in [0.5, 0.6) is 0 Å². The van der Waals surface area contributed by atoms with Crippen LogP contribution in [-0.2, 0) is 20.9 Å². The van der Waals surface area contributed by atoms with Crippen molar-refractivity contribution in [3.8, 4) is 10.6 Å². The standard InChI is InChI=1S/C17H20N4O4S/c1-25-17(24)11-4-6-20(7-5-11)15(22)10-21-16(23)12(18)9-13(19-21)14-3-2-8-26-14/h2-3,8-9,11H,4-7,10,18H2,1H3. The van der Waals surface area contributed by atoms with Gasteiger partial charge >= 0.3 is 5.97 Å². The lowest BCUT2D eigenvalue weighted by Gasteiger charge is -2.30. The summed E-state index contributed by atoms with van der Waals surface area (Å²) in [5.74, 6) is -0.639. The van der Waals surface area contributed by atoms with Gasteiger partial charge in [-0.25, -0.2) is 4.68 Å². The molecule has 2 aromatic heterocycles. The number of aromatic nitrogens is 2. The molecular formula is C17H20N4O4S. The summed E-state index contributed by atoms with van der Waals surface area (Å²) in [4.78, 5) is 38.9. The van der Waals surface area contributed by atoms with Crippen molar-refractivity contribution in [2.45, 2.75) is 19.4 Å². The smallest absolute Gasteiger partial charge is 0.308 e. The maximum Gasteiger partial charge on any atom is 0.308 e. The number of nitrogens with two attached hydrogens (primary N) is 1. The molecule has 1 aliphatic rings. The van der Waals surface area contributed by atoms with Gasteiger partial charge in [0.1, 0.15) is 17.9 Å². The maximum atomic E-state index is 12.5. The molecule has 0 saturated carbocycles. The Morgan fingerprint density at radius 1 is 1.38 bits per heavy atom. The Balaban J connectivity index is 1.72. The Morgan fingerprint density at radius 3 is 2.73 bits per heavy atom. The monoisotopic (exact) mass is 376 g/mol. The number of nitrogens with zero attached hydrogens (tertiary/aromatic N) is 3. The van der Waals surface area contributed by atoms with Gasteiger partial charge in [-0.05, 0) is 30.4 Å². The third kappa shape index (κ3) is 3.77. The van der Waals surface area contributed by atoms with Crippen molar-refractivity contribution in [1.29, 1.82) is 0 Å². The Morgan fingerprint density at radius 2 is 2.12 bits per heavy atom. The fraction of sp³-hybridized carbons (Fsp3) is 0.412. The molecule has 9 heteroatoms. The van der Waals surface area contributed by atoms with Gasteiger partial charge in [0.25, 0.3) is 5.56 Å². The second kappa shape index (κ2) is 7.69. The van der Waals surface area contributed by atoms with Crippen LogP contribution in [0.4, 0.5) is 5.69 Å². The second-order valence-electron chi connectivity index (χ2n) is 6.10. The van der Waals surface area contributed by atoms with E-state index in [9.17, 15) is 14.4 Å². The fourth-order valence-corrected chi connectivity index (χ4v) is 3.66. The molecule has 1 fully saturated rings. The van der Waals surface area contributed by atoms with E-state index in [1.165, 1.54) is 24.5 Å². The highest BCUT2D eigenvalue weighted by Gasteiger charge is 2.28. The lowest BCUT2D eigenvalue weighted by molar-refractivity contribution is -0.149. The lowest BCUT2D eigenvalue weighted by Crippen LogP contribution is -2.43. The van der Waals surface area contributed by atoms with Crippen molar-refractivity contribution >= 4 is 28.9 Å². The highest BCUT2D eigenvalue weighted by Crippen LogP contribution is 2.23. The molecule has 0 unspecified atom stereocenters. The third-order valence-corrected chi connectivity index (χ3v) is 5.34. The SMILES string of the molecule is COC(=O)C1CCN(C(=O)Cn2nc(-c3cccs3)cc(N)c2=O)CC1. The van der Waals surface area contributed by atoms with Gasteiger partial charge in [-0.2, -0.15) is 5.10 Å². The number of anilines is 1. The number of ether oxygens (including phenoxy) is 1. The van der Waals surface area contributed by atoms with Crippen molar-refractivity contribution in [1.82, 2.24) is 14.7 Å². The van der Waals surface area contributed by atoms with Crippen LogP contribution in [0, 0.1) is 5.92 Å². The van der Waals surface area contributed by atoms with E-state index in [1.54, 1.807) is 4.90 Å². The molecule has 2 N–H and O–H groups in total. The summed E-state index contributed by atoms with van der Waals surface area (Å²) < 4.78 is 5.86. The zero-order chi connectivity index (χ0) is 18.7. The quantitative estimate of drug-likeness (QED) is 0.797. The van der Waals surface area contributed by atoms with Gasteiger partial charge in [-0.3, -0.25) is 14.4 Å². The summed E-state index contributed by atoms with van der Waals surface area (Å²) >= 11 is 1.48. The summed E-state index contributed by atoms with van der Waals surface area (Å²) in [6.07, 6.45) is 1.11. The fourth-order valence-electron chi connectivity index (χ4n) is 2.97. The minimum absolute atomic E-state index is 0.0561. The van der Waals surface area contributed by atoms with Crippen LogP contribution in [-0.4, -0.2) is 46.8 Å². The number of piperidine rings is 1. The molecule has 8 nitrogen and oxygen atoms in total. The molecule has 0 aromatic carbocycles. The average Bonchev–Trinajstić information content (AvgIpc) is 3.19. The van der Waals surface area contributed by atoms with Crippen molar-refractivity contribution in [3.05, 3.63) is 33.9 Å². The van der Waals surface area contributed by atoms with Crippen LogP contribution in [0.1, 0.15) is 12.8 Å². The molecule has 2 aromatic rings. The van der Waals surface area contributed by atoms with Gasteiger partial charge in [0, 0.05) is 13.1 Å². The van der Waals surface area contributed by atoms with Crippen LogP contribution in [0.2, 0.25) is 0 Å². The molecule has 0 atom stereocenters. The predicted octanol–water partition coefficient (Wildman–Crippen LogP) is 0.966. The van der Waals surface area contributed by atoms with Gasteiger partial charge in [-0.15, -0.1) is 11.3 Å². The Hall–Kier alpha value is -2.68. The van der Waals surface area contributed by atoms with Crippen molar-refractivity contribution in [2.24, 2.45) is 5.92 Å². The highest BCUT2D eigenvalue weighted by molar-refractivity contribution is 7.13. The molecule has 1 aliphatic heterocycles. The number of rotatable bonds is 4. The summed E-state index contributed by atoms with van der Waals surface area (Å²) in [5.41, 5.74) is 5.94. The molecule has 3 rings (SSSR count). The summed E-state index contributed by atoms with van der Waals surface area (Å²) in [7, 11) is 1.36. The number of hydrogen-bond acceptors (Lipinski definition) is 7. The number of thiophene rings is 1. The van der Waals surface area contributed by atoms with Crippen LogP contribution in [0.15, 0.2) is 28.4 Å². The third-order valence-electron chi connectivity index (χ3n) is 4.44. The Bertz CT molecular complexity index is 854. The minimum atomic E-state index is -0.483. The molecule has 26 heavy (non-hydrogen) atoms. The highest BCUT2D eigenvalue weighted by atomic mass is 32.1. The molecule has 1 amide bonds. The lowest BCUT2D eigenvalue weighted by atomic mass is 9.97. The van der Waals surface area contributed by atoms with Crippen molar-refractivity contribution < 1.29 is 14.3 Å². The van der Waals surface area contributed by atoms with Crippen LogP contribution in [0.25, 0.3) is 10.6 Å². The van der Waals surface area contributed by atoms with E-state index >= 15 is 0 Å². The van der Waals surface area contributed by atoms with E-state index in [1.807, 2.05) is 17.5 Å². The first-order valence-electron chi connectivity index (χ1n) is 8.26. The van der Waals surface area contributed by atoms with Gasteiger partial charge in [-0.1, -0.05) is 6.07 Å². The van der Waals surface area contributed by atoms with Gasteiger partial charge in [0.05, 0.1) is 17.9 Å². The van der Waals surface area contributed by atoms with Gasteiger partial charge < -0.3 is 15.4 Å². The van der Waals surface area contributed by atoms with Crippen molar-refractivity contribution in [3.63, 3.8) is 0 Å². The first-order chi connectivity index (χ1) is 12.5. The first-order valence-corrected chi connectivity index (χ1v) is 9.14. The van der Waals surface area contributed by atoms with Crippen LogP contribution < -0.4 is 11.3 Å². The summed E-state index contributed by atoms with van der Waals surface area (Å²) in [5, 5.41) is 6.18. The topological polar surface area (TPSA) is 108 Å². The molecule has 138 valence electrons. The first kappa shape index (κ1) is 18.1. The molecule has 0 radical (unpaired) electrons. The van der Waals surface area contributed by atoms with E-state index < -0.39 is 5.56 Å². The van der Waals surface area contributed by atoms with Crippen molar-refractivity contribution in [2.75, 3.05) is 25.9 Å². The number of likely N-dealkylation sites (tertiary alicyclic amines) is 1. The van der Waals surface area contributed by atoms with Crippen LogP contribution in [0.3, 0.4) is 0 Å². The summed E-state index contributed by atoms with van der Waals surface area (Å²) in [6.45, 7) is 0.728. The zero-order valence-electron chi connectivity index (χ0n) is 14.4. The van der Waals surface area contributed by atoms with Gasteiger partial charge in [0.15, 0.2) is 0 Å². The predicted molar refractivity (Wildman–Crippen MR) is 97.5 cm³/mol. The molecule has 0 spiro atoms. The zero-order valence-corrected chi connectivity index (χ0v) is 15.2. The van der Waals surface area contributed by atoms with E-state index in [4.69, 9.17) is 10.5 Å². The van der Waals surface area contributed by atoms with E-state index in [0.29, 0.717) is 31.6 Å². The van der Waals surface area contributed by atoms with E-state index in [2.05, 4.69) is 5.10 Å².